The average Bonchev–Trinajstić information content (AvgIpc) is 3.00. The van der Waals surface area contributed by atoms with Gasteiger partial charge in [-0.3, -0.25) is 0 Å². The first-order chi connectivity index (χ1) is 9.20. The fourth-order valence-corrected chi connectivity index (χ4v) is 3.76. The highest BCUT2D eigenvalue weighted by Gasteiger charge is 2.20. The molecule has 19 heavy (non-hydrogen) atoms. The zero-order valence-corrected chi connectivity index (χ0v) is 13.2. The number of hydrogen-bond acceptors (Lipinski definition) is 4. The van der Waals surface area contributed by atoms with Crippen LogP contribution < -0.4 is 5.32 Å². The lowest BCUT2D eigenvalue weighted by atomic mass is 10.1. The smallest absolute Gasteiger partial charge is 0.0935 e. The van der Waals surface area contributed by atoms with Crippen LogP contribution in [0.15, 0.2) is 0 Å². The van der Waals surface area contributed by atoms with Crippen molar-refractivity contribution in [2.75, 3.05) is 19.8 Å². The van der Waals surface area contributed by atoms with E-state index in [1.807, 2.05) is 11.3 Å². The van der Waals surface area contributed by atoms with Gasteiger partial charge in [0.15, 0.2) is 0 Å². The summed E-state index contributed by atoms with van der Waals surface area (Å²) in [5, 5.41) is 4.80. The molecule has 1 saturated heterocycles. The molecule has 1 aliphatic rings. The van der Waals surface area contributed by atoms with Crippen molar-refractivity contribution in [1.82, 2.24) is 10.3 Å². The van der Waals surface area contributed by atoms with Gasteiger partial charge in [0.05, 0.1) is 10.7 Å². The lowest BCUT2D eigenvalue weighted by molar-refractivity contribution is 0.186. The predicted molar refractivity (Wildman–Crippen MR) is 80.8 cm³/mol. The molecule has 1 aromatic heterocycles. The largest absolute Gasteiger partial charge is 0.381 e. The normalized spacial score (nSPS) is 19.5. The highest BCUT2D eigenvalue weighted by atomic mass is 32.1. The molecule has 1 N–H and O–H groups in total. The molecule has 1 fully saturated rings. The van der Waals surface area contributed by atoms with E-state index < -0.39 is 0 Å². The maximum Gasteiger partial charge on any atom is 0.0935 e. The maximum atomic E-state index is 5.46. The SMILES string of the molecule is CCCNCc1sc(CC2CCOC2)nc1C(C)C. The van der Waals surface area contributed by atoms with E-state index in [2.05, 4.69) is 26.1 Å². The summed E-state index contributed by atoms with van der Waals surface area (Å²) in [6.45, 7) is 10.6. The Kier molecular flexibility index (Phi) is 5.79. The molecular formula is C15H26N2OS. The fourth-order valence-electron chi connectivity index (χ4n) is 2.45. The van der Waals surface area contributed by atoms with Gasteiger partial charge in [-0.1, -0.05) is 20.8 Å². The van der Waals surface area contributed by atoms with Crippen molar-refractivity contribution in [2.45, 2.75) is 52.5 Å². The summed E-state index contributed by atoms with van der Waals surface area (Å²) in [7, 11) is 0. The molecule has 1 aromatic rings. The van der Waals surface area contributed by atoms with E-state index in [1.165, 1.54) is 28.4 Å². The van der Waals surface area contributed by atoms with Crippen LogP contribution in [-0.4, -0.2) is 24.7 Å². The second kappa shape index (κ2) is 7.36. The first-order valence-electron chi connectivity index (χ1n) is 7.47. The molecule has 0 bridgehead atoms. The Balaban J connectivity index is 2.01. The third kappa shape index (κ3) is 4.26. The van der Waals surface area contributed by atoms with Crippen LogP contribution >= 0.6 is 11.3 Å². The minimum atomic E-state index is 0.517. The molecule has 2 heterocycles. The van der Waals surface area contributed by atoms with Crippen LogP contribution in [0.1, 0.15) is 55.1 Å². The number of hydrogen-bond donors (Lipinski definition) is 1. The van der Waals surface area contributed by atoms with Gasteiger partial charge >= 0.3 is 0 Å². The zero-order chi connectivity index (χ0) is 13.7. The van der Waals surface area contributed by atoms with Gasteiger partial charge in [-0.2, -0.15) is 0 Å². The molecule has 1 unspecified atom stereocenters. The lowest BCUT2D eigenvalue weighted by Gasteiger charge is -2.05. The van der Waals surface area contributed by atoms with Gasteiger partial charge in [0.25, 0.3) is 0 Å². The van der Waals surface area contributed by atoms with Crippen molar-refractivity contribution in [2.24, 2.45) is 5.92 Å². The van der Waals surface area contributed by atoms with Crippen LogP contribution in [0.4, 0.5) is 0 Å². The van der Waals surface area contributed by atoms with Crippen LogP contribution in [0.25, 0.3) is 0 Å². The number of rotatable bonds is 7. The van der Waals surface area contributed by atoms with Gasteiger partial charge in [0.2, 0.25) is 0 Å². The molecule has 0 radical (unpaired) electrons. The third-order valence-electron chi connectivity index (χ3n) is 3.52. The predicted octanol–water partition coefficient (Wildman–Crippen LogP) is 3.35. The molecule has 0 spiro atoms. The van der Waals surface area contributed by atoms with E-state index >= 15 is 0 Å². The van der Waals surface area contributed by atoms with Crippen molar-refractivity contribution in [3.63, 3.8) is 0 Å². The van der Waals surface area contributed by atoms with Crippen molar-refractivity contribution in [1.29, 1.82) is 0 Å². The number of nitrogens with one attached hydrogen (secondary N) is 1. The van der Waals surface area contributed by atoms with Crippen molar-refractivity contribution >= 4 is 11.3 Å². The van der Waals surface area contributed by atoms with Crippen LogP contribution in [-0.2, 0) is 17.7 Å². The Hall–Kier alpha value is -0.450. The maximum absolute atomic E-state index is 5.46. The zero-order valence-electron chi connectivity index (χ0n) is 12.4. The summed E-state index contributed by atoms with van der Waals surface area (Å²) in [6, 6.07) is 0. The highest BCUT2D eigenvalue weighted by molar-refractivity contribution is 7.11. The Morgan fingerprint density at radius 2 is 2.32 bits per heavy atom. The molecule has 0 saturated carbocycles. The molecule has 1 aliphatic heterocycles. The Labute approximate surface area is 120 Å². The summed E-state index contributed by atoms with van der Waals surface area (Å²) in [6.07, 6.45) is 3.47. The number of thiazole rings is 1. The summed E-state index contributed by atoms with van der Waals surface area (Å²) in [5.74, 6) is 1.20. The molecule has 0 aliphatic carbocycles. The first-order valence-corrected chi connectivity index (χ1v) is 8.29. The van der Waals surface area contributed by atoms with Crippen LogP contribution in [0.2, 0.25) is 0 Å². The Morgan fingerprint density at radius 3 is 2.95 bits per heavy atom. The van der Waals surface area contributed by atoms with E-state index in [-0.39, 0.29) is 0 Å². The summed E-state index contributed by atoms with van der Waals surface area (Å²) in [4.78, 5) is 6.30. The van der Waals surface area contributed by atoms with Gasteiger partial charge in [0, 0.05) is 31.1 Å². The highest BCUT2D eigenvalue weighted by Crippen LogP contribution is 2.28. The van der Waals surface area contributed by atoms with Gasteiger partial charge in [0.1, 0.15) is 0 Å². The third-order valence-corrected chi connectivity index (χ3v) is 4.61. The number of nitrogens with zero attached hydrogens (tertiary/aromatic N) is 1. The number of aromatic nitrogens is 1. The molecule has 1 atom stereocenters. The summed E-state index contributed by atoms with van der Waals surface area (Å²) < 4.78 is 5.46. The van der Waals surface area contributed by atoms with E-state index in [0.717, 1.165) is 32.7 Å². The second-order valence-corrected chi connectivity index (χ2v) is 6.85. The van der Waals surface area contributed by atoms with Gasteiger partial charge in [-0.05, 0) is 31.2 Å². The summed E-state index contributed by atoms with van der Waals surface area (Å²) >= 11 is 1.90. The molecular weight excluding hydrogens is 256 g/mol. The Bertz CT molecular complexity index is 383. The monoisotopic (exact) mass is 282 g/mol. The first kappa shape index (κ1) is 14.9. The van der Waals surface area contributed by atoms with Crippen molar-refractivity contribution in [3.05, 3.63) is 15.6 Å². The van der Waals surface area contributed by atoms with E-state index in [0.29, 0.717) is 11.8 Å². The molecule has 0 aromatic carbocycles. The van der Waals surface area contributed by atoms with Crippen molar-refractivity contribution < 1.29 is 4.74 Å². The Morgan fingerprint density at radius 1 is 1.47 bits per heavy atom. The lowest BCUT2D eigenvalue weighted by Crippen LogP contribution is -2.14. The van der Waals surface area contributed by atoms with Gasteiger partial charge < -0.3 is 10.1 Å². The average molecular weight is 282 g/mol. The van der Waals surface area contributed by atoms with E-state index in [1.54, 1.807) is 0 Å². The minimum absolute atomic E-state index is 0.517. The molecule has 3 nitrogen and oxygen atoms in total. The topological polar surface area (TPSA) is 34.1 Å². The quantitative estimate of drug-likeness (QED) is 0.779. The second-order valence-electron chi connectivity index (χ2n) is 5.68. The molecule has 0 amide bonds. The van der Waals surface area contributed by atoms with Crippen LogP contribution in [0, 0.1) is 5.92 Å². The standard InChI is InChI=1S/C15H26N2OS/c1-4-6-16-9-13-15(11(2)3)17-14(19-13)8-12-5-7-18-10-12/h11-12,16H,4-10H2,1-3H3. The minimum Gasteiger partial charge on any atom is -0.381 e. The van der Waals surface area contributed by atoms with E-state index in [9.17, 15) is 0 Å². The van der Waals surface area contributed by atoms with Gasteiger partial charge in [-0.15, -0.1) is 11.3 Å². The number of ether oxygens (including phenoxy) is 1. The molecule has 108 valence electrons. The van der Waals surface area contributed by atoms with Crippen LogP contribution in [0.5, 0.6) is 0 Å². The summed E-state index contributed by atoms with van der Waals surface area (Å²) in [5.41, 5.74) is 1.29. The molecule has 4 heteroatoms. The van der Waals surface area contributed by atoms with Crippen LogP contribution in [0.3, 0.4) is 0 Å². The van der Waals surface area contributed by atoms with Crippen molar-refractivity contribution in [3.8, 4) is 0 Å². The molecule has 2 rings (SSSR count). The van der Waals surface area contributed by atoms with Gasteiger partial charge in [-0.25, -0.2) is 4.98 Å². The fraction of sp³-hybridized carbons (Fsp3) is 0.800. The van der Waals surface area contributed by atoms with E-state index in [4.69, 9.17) is 9.72 Å².